The number of hydrogen-bond donors (Lipinski definition) is 1. The van der Waals surface area contributed by atoms with Crippen LogP contribution in [0.3, 0.4) is 0 Å². The van der Waals surface area contributed by atoms with Crippen LogP contribution in [0, 0.1) is 24.0 Å². The van der Waals surface area contributed by atoms with Crippen molar-refractivity contribution in [3.63, 3.8) is 0 Å². The van der Waals surface area contributed by atoms with Crippen molar-refractivity contribution in [1.82, 2.24) is 0 Å². The molecule has 1 atom stereocenters. The Morgan fingerprint density at radius 3 is 2.28 bits per heavy atom. The van der Waals surface area contributed by atoms with Crippen LogP contribution in [0.5, 0.6) is 0 Å². The highest BCUT2D eigenvalue weighted by Gasteiger charge is 2.08. The second-order valence-corrected chi connectivity index (χ2v) is 3.82. The van der Waals surface area contributed by atoms with E-state index in [9.17, 15) is 13.9 Å². The molecule has 0 spiro atoms. The van der Waals surface area contributed by atoms with Gasteiger partial charge in [0.2, 0.25) is 0 Å². The molecule has 2 aromatic rings. The minimum absolute atomic E-state index is 0.304. The molecule has 0 aliphatic heterocycles. The Balaban J connectivity index is 2.38. The van der Waals surface area contributed by atoms with Gasteiger partial charge in [0.05, 0.1) is 0 Å². The van der Waals surface area contributed by atoms with Crippen LogP contribution < -0.4 is 0 Å². The highest BCUT2D eigenvalue weighted by molar-refractivity contribution is 5.64. The van der Waals surface area contributed by atoms with E-state index in [-0.39, 0.29) is 0 Å². The summed E-state index contributed by atoms with van der Waals surface area (Å²) in [6.07, 6.45) is 4.12. The van der Waals surface area contributed by atoms with Gasteiger partial charge in [-0.1, -0.05) is 30.2 Å². The number of rotatable bonds is 2. The Morgan fingerprint density at radius 2 is 1.72 bits per heavy atom. The highest BCUT2D eigenvalue weighted by atomic mass is 19.1. The van der Waals surface area contributed by atoms with Gasteiger partial charge < -0.3 is 5.11 Å². The van der Waals surface area contributed by atoms with Crippen LogP contribution in [0.25, 0.3) is 11.1 Å². The van der Waals surface area contributed by atoms with E-state index in [1.807, 2.05) is 0 Å². The summed E-state index contributed by atoms with van der Waals surface area (Å²) < 4.78 is 26.3. The SMILES string of the molecule is C#CC(O)c1ccc(-c2ccc(F)cc2F)cc1. The summed E-state index contributed by atoms with van der Waals surface area (Å²) in [6, 6.07) is 9.89. The maximum Gasteiger partial charge on any atom is 0.139 e. The molecule has 0 aromatic heterocycles. The normalized spacial score (nSPS) is 11.9. The fourth-order valence-electron chi connectivity index (χ4n) is 1.66. The number of aliphatic hydroxyl groups excluding tert-OH is 1. The summed E-state index contributed by atoms with van der Waals surface area (Å²) in [4.78, 5) is 0. The summed E-state index contributed by atoms with van der Waals surface area (Å²) in [7, 11) is 0. The maximum absolute atomic E-state index is 13.5. The molecule has 0 fully saturated rings. The zero-order chi connectivity index (χ0) is 13.1. The Bertz CT molecular complexity index is 597. The topological polar surface area (TPSA) is 20.2 Å². The summed E-state index contributed by atoms with van der Waals surface area (Å²) in [5.74, 6) is 0.951. The average molecular weight is 244 g/mol. The first-order chi connectivity index (χ1) is 8.61. The Kier molecular flexibility index (Phi) is 3.40. The minimum atomic E-state index is -0.975. The van der Waals surface area contributed by atoms with E-state index in [0.29, 0.717) is 16.7 Å². The molecule has 0 aliphatic carbocycles. The highest BCUT2D eigenvalue weighted by Crippen LogP contribution is 2.25. The van der Waals surface area contributed by atoms with Crippen molar-refractivity contribution in [2.45, 2.75) is 6.10 Å². The molecule has 0 bridgehead atoms. The van der Waals surface area contributed by atoms with E-state index in [0.717, 1.165) is 6.07 Å². The van der Waals surface area contributed by atoms with Gasteiger partial charge in [-0.05, 0) is 23.3 Å². The van der Waals surface area contributed by atoms with Crippen LogP contribution in [-0.4, -0.2) is 5.11 Å². The lowest BCUT2D eigenvalue weighted by Gasteiger charge is -2.07. The molecule has 0 heterocycles. The van der Waals surface area contributed by atoms with Gasteiger partial charge in [0.1, 0.15) is 17.7 Å². The fourth-order valence-corrected chi connectivity index (χ4v) is 1.66. The van der Waals surface area contributed by atoms with Crippen molar-refractivity contribution in [1.29, 1.82) is 0 Å². The minimum Gasteiger partial charge on any atom is -0.376 e. The van der Waals surface area contributed by atoms with Crippen molar-refractivity contribution in [3.05, 3.63) is 59.7 Å². The zero-order valence-corrected chi connectivity index (χ0v) is 9.40. The van der Waals surface area contributed by atoms with Gasteiger partial charge in [0.15, 0.2) is 0 Å². The first-order valence-corrected chi connectivity index (χ1v) is 5.31. The Morgan fingerprint density at radius 1 is 1.06 bits per heavy atom. The van der Waals surface area contributed by atoms with Crippen LogP contribution in [-0.2, 0) is 0 Å². The summed E-state index contributed by atoms with van der Waals surface area (Å²) in [6.45, 7) is 0. The molecule has 18 heavy (non-hydrogen) atoms. The second kappa shape index (κ2) is 4.99. The van der Waals surface area contributed by atoms with E-state index in [2.05, 4.69) is 5.92 Å². The molecule has 2 rings (SSSR count). The van der Waals surface area contributed by atoms with Crippen LogP contribution in [0.4, 0.5) is 8.78 Å². The van der Waals surface area contributed by atoms with E-state index in [1.165, 1.54) is 12.1 Å². The third kappa shape index (κ3) is 2.39. The van der Waals surface area contributed by atoms with Gasteiger partial charge in [-0.2, -0.15) is 0 Å². The lowest BCUT2D eigenvalue weighted by atomic mass is 10.0. The predicted molar refractivity (Wildman–Crippen MR) is 65.6 cm³/mol. The predicted octanol–water partition coefficient (Wildman–Crippen LogP) is 3.30. The third-order valence-electron chi connectivity index (χ3n) is 2.63. The number of hydrogen-bond acceptors (Lipinski definition) is 1. The van der Waals surface area contributed by atoms with Crippen molar-refractivity contribution >= 4 is 0 Å². The number of terminal acetylenes is 1. The molecule has 2 aromatic carbocycles. The summed E-state index contributed by atoms with van der Waals surface area (Å²) in [5, 5.41) is 9.42. The zero-order valence-electron chi connectivity index (χ0n) is 9.40. The molecule has 0 radical (unpaired) electrons. The van der Waals surface area contributed by atoms with Crippen LogP contribution >= 0.6 is 0 Å². The lowest BCUT2D eigenvalue weighted by Crippen LogP contribution is -1.93. The van der Waals surface area contributed by atoms with Crippen molar-refractivity contribution in [2.24, 2.45) is 0 Å². The Hall–Kier alpha value is -2.18. The average Bonchev–Trinajstić information content (AvgIpc) is 2.38. The van der Waals surface area contributed by atoms with Crippen molar-refractivity contribution in [3.8, 4) is 23.5 Å². The van der Waals surface area contributed by atoms with E-state index in [1.54, 1.807) is 24.3 Å². The van der Waals surface area contributed by atoms with E-state index in [4.69, 9.17) is 6.42 Å². The molecule has 1 unspecified atom stereocenters. The lowest BCUT2D eigenvalue weighted by molar-refractivity contribution is 0.238. The first kappa shape index (κ1) is 12.3. The summed E-state index contributed by atoms with van der Waals surface area (Å²) >= 11 is 0. The van der Waals surface area contributed by atoms with Gasteiger partial charge >= 0.3 is 0 Å². The number of benzene rings is 2. The van der Waals surface area contributed by atoms with Crippen LogP contribution in [0.2, 0.25) is 0 Å². The molecule has 0 aliphatic rings. The number of halogens is 2. The van der Waals surface area contributed by atoms with Crippen LogP contribution in [0.15, 0.2) is 42.5 Å². The van der Waals surface area contributed by atoms with Gasteiger partial charge in [0.25, 0.3) is 0 Å². The molecule has 1 N–H and O–H groups in total. The smallest absolute Gasteiger partial charge is 0.139 e. The first-order valence-electron chi connectivity index (χ1n) is 5.31. The largest absolute Gasteiger partial charge is 0.376 e. The van der Waals surface area contributed by atoms with E-state index >= 15 is 0 Å². The molecule has 0 saturated carbocycles. The van der Waals surface area contributed by atoms with Gasteiger partial charge in [-0.25, -0.2) is 8.78 Å². The monoisotopic (exact) mass is 244 g/mol. The fraction of sp³-hybridized carbons (Fsp3) is 0.0667. The molecule has 0 saturated heterocycles. The van der Waals surface area contributed by atoms with Crippen molar-refractivity contribution in [2.75, 3.05) is 0 Å². The molecule has 90 valence electrons. The molecular weight excluding hydrogens is 234 g/mol. The van der Waals surface area contributed by atoms with Crippen molar-refractivity contribution < 1.29 is 13.9 Å². The van der Waals surface area contributed by atoms with E-state index < -0.39 is 17.7 Å². The van der Waals surface area contributed by atoms with Crippen LogP contribution in [0.1, 0.15) is 11.7 Å². The third-order valence-corrected chi connectivity index (χ3v) is 2.63. The molecular formula is C15H10F2O. The Labute approximate surface area is 104 Å². The molecule has 1 nitrogen and oxygen atoms in total. The quantitative estimate of drug-likeness (QED) is 0.804. The van der Waals surface area contributed by atoms with Gasteiger partial charge in [0, 0.05) is 11.6 Å². The van der Waals surface area contributed by atoms with Gasteiger partial charge in [-0.15, -0.1) is 6.42 Å². The summed E-state index contributed by atoms with van der Waals surface area (Å²) in [5.41, 5.74) is 1.46. The van der Waals surface area contributed by atoms with Gasteiger partial charge in [-0.3, -0.25) is 0 Å². The second-order valence-electron chi connectivity index (χ2n) is 3.82. The standard InChI is InChI=1S/C15H10F2O/c1-2-15(18)11-5-3-10(4-6-11)13-8-7-12(16)9-14(13)17/h1,3-9,15,18H. The molecule has 3 heteroatoms. The molecule has 0 amide bonds. The number of aliphatic hydroxyl groups is 1. The maximum atomic E-state index is 13.5.